The molecule has 1 amide bonds. The molecule has 0 bridgehead atoms. The molecular weight excluding hydrogens is 438 g/mol. The Morgan fingerprint density at radius 2 is 1.77 bits per heavy atom. The van der Waals surface area contributed by atoms with E-state index in [2.05, 4.69) is 5.32 Å². The largest absolute Gasteiger partial charge is 0.348 e. The van der Waals surface area contributed by atoms with E-state index < -0.39 is 20.0 Å². The van der Waals surface area contributed by atoms with E-state index in [9.17, 15) is 21.6 Å². The molecule has 8 nitrogen and oxygen atoms in total. The number of sulfonamides is 2. The zero-order valence-electron chi connectivity index (χ0n) is 17.6. The van der Waals surface area contributed by atoms with Crippen LogP contribution in [0.25, 0.3) is 0 Å². The van der Waals surface area contributed by atoms with Crippen LogP contribution in [-0.4, -0.2) is 52.4 Å². The van der Waals surface area contributed by atoms with Crippen LogP contribution in [0.2, 0.25) is 0 Å². The minimum absolute atomic E-state index is 0.114. The second kappa shape index (κ2) is 9.37. The summed E-state index contributed by atoms with van der Waals surface area (Å²) < 4.78 is 52.0. The van der Waals surface area contributed by atoms with Crippen molar-refractivity contribution < 1.29 is 21.6 Å². The minimum atomic E-state index is -3.52. The molecule has 1 aliphatic heterocycles. The van der Waals surface area contributed by atoms with Crippen LogP contribution >= 0.6 is 0 Å². The zero-order chi connectivity index (χ0) is 22.6. The first-order valence-electron chi connectivity index (χ1n) is 10.2. The monoisotopic (exact) mass is 465 g/mol. The average molecular weight is 466 g/mol. The number of rotatable bonds is 8. The van der Waals surface area contributed by atoms with Crippen molar-refractivity contribution in [1.82, 2.24) is 9.62 Å². The maximum Gasteiger partial charge on any atom is 0.251 e. The molecule has 3 rings (SSSR count). The highest BCUT2D eigenvalue weighted by atomic mass is 32.2. The second-order valence-corrected chi connectivity index (χ2v) is 11.2. The van der Waals surface area contributed by atoms with Gasteiger partial charge in [-0.2, -0.15) is 4.31 Å². The fourth-order valence-electron chi connectivity index (χ4n) is 3.51. The van der Waals surface area contributed by atoms with Crippen LogP contribution in [-0.2, 0) is 26.6 Å². The summed E-state index contributed by atoms with van der Waals surface area (Å²) in [5.74, 6) is -0.220. The van der Waals surface area contributed by atoms with Crippen molar-refractivity contribution in [3.63, 3.8) is 0 Å². The van der Waals surface area contributed by atoms with E-state index in [4.69, 9.17) is 0 Å². The maximum atomic E-state index is 12.6. The number of benzene rings is 2. The quantitative estimate of drug-likeness (QED) is 0.644. The first-order chi connectivity index (χ1) is 14.7. The van der Waals surface area contributed by atoms with Gasteiger partial charge < -0.3 is 5.32 Å². The molecule has 0 saturated carbocycles. The maximum absolute atomic E-state index is 12.6. The summed E-state index contributed by atoms with van der Waals surface area (Å²) in [4.78, 5) is 12.8. The van der Waals surface area contributed by atoms with Gasteiger partial charge in [-0.15, -0.1) is 0 Å². The zero-order valence-corrected chi connectivity index (χ0v) is 19.2. The number of nitrogens with one attached hydrogen (secondary N) is 1. The van der Waals surface area contributed by atoms with Crippen molar-refractivity contribution in [3.8, 4) is 0 Å². The smallest absolute Gasteiger partial charge is 0.251 e. The number of carbonyl (C=O) groups excluding carboxylic acids is 1. The topological polar surface area (TPSA) is 104 Å². The molecule has 1 aliphatic rings. The lowest BCUT2D eigenvalue weighted by Crippen LogP contribution is -2.30. The number of amides is 1. The second-order valence-electron chi connectivity index (χ2n) is 7.21. The standard InChI is InChI=1S/C21H27N3O5S2/c1-3-23(4-2)31(28,29)20-11-9-17(10-12-20)16-22-21(25)18-7-5-8-19(15-18)24-13-6-14-30(24,26)27/h5,7-12,15H,3-4,6,13-14,16H2,1-2H3,(H,22,25). The number of carbonyl (C=O) groups is 1. The van der Waals surface area contributed by atoms with E-state index >= 15 is 0 Å². The molecule has 0 atom stereocenters. The van der Waals surface area contributed by atoms with Gasteiger partial charge in [0.1, 0.15) is 0 Å². The summed E-state index contributed by atoms with van der Waals surface area (Å²) in [5.41, 5.74) is 1.60. The average Bonchev–Trinajstić information content (AvgIpc) is 3.12. The molecule has 2 aromatic carbocycles. The Bertz CT molecular complexity index is 1140. The van der Waals surface area contributed by atoms with Crippen LogP contribution in [0.1, 0.15) is 36.2 Å². The molecule has 1 saturated heterocycles. The Morgan fingerprint density at radius 1 is 1.10 bits per heavy atom. The fraction of sp³-hybridized carbons (Fsp3) is 0.381. The molecule has 0 spiro atoms. The summed E-state index contributed by atoms with van der Waals surface area (Å²) in [5, 5.41) is 2.79. The molecule has 0 aliphatic carbocycles. The Kier molecular flexibility index (Phi) is 7.03. The van der Waals surface area contributed by atoms with Crippen molar-refractivity contribution in [2.45, 2.75) is 31.7 Å². The summed E-state index contributed by atoms with van der Waals surface area (Å²) in [7, 11) is -6.84. The van der Waals surface area contributed by atoms with Gasteiger partial charge in [0.2, 0.25) is 20.0 Å². The van der Waals surface area contributed by atoms with Gasteiger partial charge in [0.15, 0.2) is 0 Å². The van der Waals surface area contributed by atoms with E-state index in [1.54, 1.807) is 50.2 Å². The van der Waals surface area contributed by atoms with Crippen LogP contribution in [0.3, 0.4) is 0 Å². The number of hydrogen-bond acceptors (Lipinski definition) is 5. The van der Waals surface area contributed by atoms with Crippen molar-refractivity contribution >= 4 is 31.6 Å². The molecule has 31 heavy (non-hydrogen) atoms. The third-order valence-electron chi connectivity index (χ3n) is 5.22. The van der Waals surface area contributed by atoms with Gasteiger partial charge >= 0.3 is 0 Å². The van der Waals surface area contributed by atoms with E-state index in [-0.39, 0.29) is 23.1 Å². The SMILES string of the molecule is CCN(CC)S(=O)(=O)c1ccc(CNC(=O)c2cccc(N3CCCS3(=O)=O)c2)cc1. The highest BCUT2D eigenvalue weighted by Gasteiger charge is 2.28. The van der Waals surface area contributed by atoms with Crippen molar-refractivity contribution in [1.29, 1.82) is 0 Å². The van der Waals surface area contributed by atoms with Crippen LogP contribution in [0.5, 0.6) is 0 Å². The molecule has 0 radical (unpaired) electrons. The number of anilines is 1. The van der Waals surface area contributed by atoms with Gasteiger partial charge in [-0.1, -0.05) is 32.0 Å². The molecule has 0 aromatic heterocycles. The van der Waals surface area contributed by atoms with Gasteiger partial charge in [0, 0.05) is 31.7 Å². The van der Waals surface area contributed by atoms with E-state index in [0.717, 1.165) is 5.56 Å². The third-order valence-corrected chi connectivity index (χ3v) is 9.15. The van der Waals surface area contributed by atoms with Crippen LogP contribution in [0.4, 0.5) is 5.69 Å². The van der Waals surface area contributed by atoms with Crippen molar-refractivity contribution in [3.05, 3.63) is 59.7 Å². The Labute approximate surface area is 184 Å². The molecule has 1 fully saturated rings. The van der Waals surface area contributed by atoms with E-state index in [1.165, 1.54) is 20.7 Å². The van der Waals surface area contributed by atoms with Crippen LogP contribution in [0.15, 0.2) is 53.4 Å². The molecule has 1 N–H and O–H groups in total. The molecular formula is C21H27N3O5S2. The normalized spacial score (nSPS) is 15.9. The third kappa shape index (κ3) is 5.08. The Hall–Kier alpha value is -2.43. The highest BCUT2D eigenvalue weighted by Crippen LogP contribution is 2.24. The van der Waals surface area contributed by atoms with E-state index in [1.807, 2.05) is 0 Å². The lowest BCUT2D eigenvalue weighted by molar-refractivity contribution is 0.0951. The summed E-state index contributed by atoms with van der Waals surface area (Å²) in [6, 6.07) is 12.9. The minimum Gasteiger partial charge on any atom is -0.348 e. The molecule has 1 heterocycles. The lowest BCUT2D eigenvalue weighted by atomic mass is 10.1. The van der Waals surface area contributed by atoms with Crippen LogP contribution in [0, 0.1) is 0 Å². The molecule has 10 heteroatoms. The van der Waals surface area contributed by atoms with Crippen molar-refractivity contribution in [2.24, 2.45) is 0 Å². The first kappa shape index (κ1) is 23.2. The Morgan fingerprint density at radius 3 is 2.35 bits per heavy atom. The van der Waals surface area contributed by atoms with Gasteiger partial charge in [0.25, 0.3) is 5.91 Å². The molecule has 2 aromatic rings. The summed E-state index contributed by atoms with van der Waals surface area (Å²) in [6.45, 7) is 5.01. The highest BCUT2D eigenvalue weighted by molar-refractivity contribution is 7.93. The summed E-state index contributed by atoms with van der Waals surface area (Å²) in [6.07, 6.45) is 0.568. The van der Waals surface area contributed by atoms with Gasteiger partial charge in [-0.05, 0) is 42.3 Å². The fourth-order valence-corrected chi connectivity index (χ4v) is 6.52. The van der Waals surface area contributed by atoms with E-state index in [0.29, 0.717) is 37.3 Å². The summed E-state index contributed by atoms with van der Waals surface area (Å²) >= 11 is 0. The van der Waals surface area contributed by atoms with Gasteiger partial charge in [0.05, 0.1) is 16.3 Å². The predicted octanol–water partition coefficient (Wildman–Crippen LogP) is 2.19. The Balaban J connectivity index is 1.67. The number of hydrogen-bond donors (Lipinski definition) is 1. The van der Waals surface area contributed by atoms with Gasteiger partial charge in [-0.3, -0.25) is 9.10 Å². The van der Waals surface area contributed by atoms with Crippen molar-refractivity contribution in [2.75, 3.05) is 29.7 Å². The van der Waals surface area contributed by atoms with Crippen LogP contribution < -0.4 is 9.62 Å². The molecule has 168 valence electrons. The lowest BCUT2D eigenvalue weighted by Gasteiger charge is -2.18. The number of nitrogens with zero attached hydrogens (tertiary/aromatic N) is 2. The predicted molar refractivity (Wildman–Crippen MR) is 120 cm³/mol. The first-order valence-corrected chi connectivity index (χ1v) is 13.2. The van der Waals surface area contributed by atoms with Gasteiger partial charge in [-0.25, -0.2) is 16.8 Å². The molecule has 0 unspecified atom stereocenters.